The van der Waals surface area contributed by atoms with Crippen molar-refractivity contribution in [3.8, 4) is 0 Å². The SMILES string of the molecule is CCc1ccc(CC(O)C(=O)O)cc1. The Morgan fingerprint density at radius 2 is 1.79 bits per heavy atom. The van der Waals surface area contributed by atoms with Crippen molar-refractivity contribution in [3.63, 3.8) is 0 Å². The molecule has 0 aliphatic rings. The molecule has 0 radical (unpaired) electrons. The molecule has 1 unspecified atom stereocenters. The zero-order valence-corrected chi connectivity index (χ0v) is 8.10. The number of hydrogen-bond donors (Lipinski definition) is 2. The van der Waals surface area contributed by atoms with E-state index in [1.807, 2.05) is 24.3 Å². The highest BCUT2D eigenvalue weighted by Crippen LogP contribution is 2.07. The van der Waals surface area contributed by atoms with Gasteiger partial charge in [0.05, 0.1) is 0 Å². The van der Waals surface area contributed by atoms with Gasteiger partial charge in [0, 0.05) is 6.42 Å². The standard InChI is InChI=1S/C11H14O3/c1-2-8-3-5-9(6-4-8)7-10(12)11(13)14/h3-6,10,12H,2,7H2,1H3,(H,13,14). The van der Waals surface area contributed by atoms with Gasteiger partial charge < -0.3 is 10.2 Å². The van der Waals surface area contributed by atoms with Crippen LogP contribution in [0, 0.1) is 0 Å². The summed E-state index contributed by atoms with van der Waals surface area (Å²) < 4.78 is 0. The smallest absolute Gasteiger partial charge is 0.332 e. The third-order valence-corrected chi connectivity index (χ3v) is 2.15. The molecule has 0 bridgehead atoms. The lowest BCUT2D eigenvalue weighted by molar-refractivity contribution is -0.146. The normalized spacial score (nSPS) is 12.4. The Labute approximate surface area is 83.0 Å². The van der Waals surface area contributed by atoms with Crippen LogP contribution in [-0.4, -0.2) is 22.3 Å². The summed E-state index contributed by atoms with van der Waals surface area (Å²) in [7, 11) is 0. The summed E-state index contributed by atoms with van der Waals surface area (Å²) in [6.07, 6.45) is -0.177. The second kappa shape index (κ2) is 4.77. The molecule has 76 valence electrons. The van der Waals surface area contributed by atoms with Crippen molar-refractivity contribution in [1.29, 1.82) is 0 Å². The number of rotatable bonds is 4. The van der Waals surface area contributed by atoms with Crippen molar-refractivity contribution in [2.24, 2.45) is 0 Å². The van der Waals surface area contributed by atoms with Crippen molar-refractivity contribution in [2.45, 2.75) is 25.9 Å². The lowest BCUT2D eigenvalue weighted by Crippen LogP contribution is -2.21. The van der Waals surface area contributed by atoms with Gasteiger partial charge >= 0.3 is 5.97 Å². The van der Waals surface area contributed by atoms with E-state index in [2.05, 4.69) is 6.92 Å². The van der Waals surface area contributed by atoms with Crippen LogP contribution < -0.4 is 0 Å². The molecule has 1 aromatic rings. The number of aliphatic carboxylic acids is 1. The molecule has 0 fully saturated rings. The molecular formula is C11H14O3. The third-order valence-electron chi connectivity index (χ3n) is 2.15. The Morgan fingerprint density at radius 3 is 2.21 bits per heavy atom. The summed E-state index contributed by atoms with van der Waals surface area (Å²) in [6.45, 7) is 2.06. The first kappa shape index (κ1) is 10.7. The maximum atomic E-state index is 10.4. The number of hydrogen-bond acceptors (Lipinski definition) is 2. The fourth-order valence-corrected chi connectivity index (χ4v) is 1.22. The van der Waals surface area contributed by atoms with E-state index in [9.17, 15) is 4.79 Å². The minimum Gasteiger partial charge on any atom is -0.479 e. The van der Waals surface area contributed by atoms with Crippen LogP contribution in [0.1, 0.15) is 18.1 Å². The first-order valence-electron chi connectivity index (χ1n) is 4.62. The van der Waals surface area contributed by atoms with Crippen LogP contribution in [0.15, 0.2) is 24.3 Å². The second-order valence-corrected chi connectivity index (χ2v) is 3.23. The van der Waals surface area contributed by atoms with Gasteiger partial charge in [-0.05, 0) is 17.5 Å². The van der Waals surface area contributed by atoms with Crippen LogP contribution in [0.25, 0.3) is 0 Å². The molecule has 0 aliphatic carbocycles. The Kier molecular flexibility index (Phi) is 3.65. The summed E-state index contributed by atoms with van der Waals surface area (Å²) >= 11 is 0. The Hall–Kier alpha value is -1.35. The molecular weight excluding hydrogens is 180 g/mol. The molecule has 1 atom stereocenters. The van der Waals surface area contributed by atoms with Crippen LogP contribution >= 0.6 is 0 Å². The van der Waals surface area contributed by atoms with E-state index in [0.29, 0.717) is 0 Å². The molecule has 14 heavy (non-hydrogen) atoms. The number of aliphatic hydroxyl groups is 1. The van der Waals surface area contributed by atoms with E-state index in [1.54, 1.807) is 0 Å². The second-order valence-electron chi connectivity index (χ2n) is 3.23. The molecule has 0 amide bonds. The minimum absolute atomic E-state index is 0.166. The van der Waals surface area contributed by atoms with E-state index in [4.69, 9.17) is 10.2 Å². The predicted molar refractivity (Wildman–Crippen MR) is 53.2 cm³/mol. The third kappa shape index (κ3) is 2.85. The van der Waals surface area contributed by atoms with E-state index in [-0.39, 0.29) is 6.42 Å². The van der Waals surface area contributed by atoms with Crippen LogP contribution in [0.4, 0.5) is 0 Å². The van der Waals surface area contributed by atoms with Crippen LogP contribution in [0.5, 0.6) is 0 Å². The number of benzene rings is 1. The van der Waals surface area contributed by atoms with Crippen LogP contribution in [0.2, 0.25) is 0 Å². The lowest BCUT2D eigenvalue weighted by atomic mass is 10.1. The highest BCUT2D eigenvalue weighted by molar-refractivity contribution is 5.72. The molecule has 1 rings (SSSR count). The Balaban J connectivity index is 2.64. The largest absolute Gasteiger partial charge is 0.479 e. The van der Waals surface area contributed by atoms with Crippen molar-refractivity contribution >= 4 is 5.97 Å². The first-order chi connectivity index (χ1) is 6.63. The molecule has 3 heteroatoms. The number of aliphatic hydroxyl groups excluding tert-OH is 1. The zero-order chi connectivity index (χ0) is 10.6. The quantitative estimate of drug-likeness (QED) is 0.758. The van der Waals surface area contributed by atoms with E-state index >= 15 is 0 Å². The van der Waals surface area contributed by atoms with E-state index in [1.165, 1.54) is 5.56 Å². The van der Waals surface area contributed by atoms with Gasteiger partial charge in [-0.15, -0.1) is 0 Å². The zero-order valence-electron chi connectivity index (χ0n) is 8.10. The fourth-order valence-electron chi connectivity index (χ4n) is 1.22. The van der Waals surface area contributed by atoms with Gasteiger partial charge in [0.2, 0.25) is 0 Å². The Morgan fingerprint density at radius 1 is 1.29 bits per heavy atom. The van der Waals surface area contributed by atoms with E-state index in [0.717, 1.165) is 12.0 Å². The minimum atomic E-state index is -1.30. The molecule has 0 aromatic heterocycles. The molecule has 2 N–H and O–H groups in total. The fraction of sp³-hybridized carbons (Fsp3) is 0.364. The molecule has 0 aliphatic heterocycles. The van der Waals surface area contributed by atoms with Gasteiger partial charge in [0.25, 0.3) is 0 Å². The summed E-state index contributed by atoms with van der Waals surface area (Å²) in [4.78, 5) is 10.4. The summed E-state index contributed by atoms with van der Waals surface area (Å²) in [6, 6.07) is 7.60. The number of carboxylic acids is 1. The lowest BCUT2D eigenvalue weighted by Gasteiger charge is -2.05. The molecule has 0 saturated heterocycles. The molecule has 0 spiro atoms. The highest BCUT2D eigenvalue weighted by atomic mass is 16.4. The van der Waals surface area contributed by atoms with Gasteiger partial charge in [-0.25, -0.2) is 4.79 Å². The van der Waals surface area contributed by atoms with Crippen LogP contribution in [0.3, 0.4) is 0 Å². The predicted octanol–water partition coefficient (Wildman–Crippen LogP) is 1.24. The summed E-state index contributed by atoms with van der Waals surface area (Å²) in [5.74, 6) is -1.18. The molecule has 1 aromatic carbocycles. The average Bonchev–Trinajstić information content (AvgIpc) is 2.19. The van der Waals surface area contributed by atoms with Crippen molar-refractivity contribution in [3.05, 3.63) is 35.4 Å². The monoisotopic (exact) mass is 194 g/mol. The van der Waals surface area contributed by atoms with Crippen molar-refractivity contribution in [2.75, 3.05) is 0 Å². The number of carbonyl (C=O) groups is 1. The van der Waals surface area contributed by atoms with Crippen molar-refractivity contribution < 1.29 is 15.0 Å². The topological polar surface area (TPSA) is 57.5 Å². The number of carboxylic acid groups (broad SMARTS) is 1. The van der Waals surface area contributed by atoms with E-state index < -0.39 is 12.1 Å². The van der Waals surface area contributed by atoms with Gasteiger partial charge in [-0.3, -0.25) is 0 Å². The molecule has 3 nitrogen and oxygen atoms in total. The maximum absolute atomic E-state index is 10.4. The van der Waals surface area contributed by atoms with Gasteiger partial charge in [0.1, 0.15) is 0 Å². The van der Waals surface area contributed by atoms with Gasteiger partial charge in [-0.1, -0.05) is 31.2 Å². The summed E-state index contributed by atoms with van der Waals surface area (Å²) in [5, 5.41) is 17.6. The van der Waals surface area contributed by atoms with Crippen LogP contribution in [-0.2, 0) is 17.6 Å². The Bertz CT molecular complexity index is 303. The van der Waals surface area contributed by atoms with Gasteiger partial charge in [-0.2, -0.15) is 0 Å². The highest BCUT2D eigenvalue weighted by Gasteiger charge is 2.13. The maximum Gasteiger partial charge on any atom is 0.332 e. The van der Waals surface area contributed by atoms with Crippen molar-refractivity contribution in [1.82, 2.24) is 0 Å². The summed E-state index contributed by atoms with van der Waals surface area (Å²) in [5.41, 5.74) is 2.05. The number of aryl methyl sites for hydroxylation is 1. The molecule has 0 heterocycles. The molecule has 0 saturated carbocycles. The van der Waals surface area contributed by atoms with Gasteiger partial charge in [0.15, 0.2) is 6.10 Å². The first-order valence-corrected chi connectivity index (χ1v) is 4.62. The average molecular weight is 194 g/mol.